The number of anilines is 1. The fraction of sp³-hybridized carbons (Fsp3) is 0.167. The van der Waals surface area contributed by atoms with Gasteiger partial charge in [0, 0.05) is 15.7 Å². The van der Waals surface area contributed by atoms with Crippen LogP contribution in [0.15, 0.2) is 62.9 Å². The van der Waals surface area contributed by atoms with E-state index in [1.54, 1.807) is 42.5 Å². The molecule has 146 valence electrons. The highest BCUT2D eigenvalue weighted by molar-refractivity contribution is 9.10. The van der Waals surface area contributed by atoms with Crippen molar-refractivity contribution in [3.05, 3.63) is 58.6 Å². The lowest BCUT2D eigenvalue weighted by Gasteiger charge is -2.13. The minimum atomic E-state index is -3.68. The van der Waals surface area contributed by atoms with Crippen molar-refractivity contribution in [1.29, 1.82) is 0 Å². The summed E-state index contributed by atoms with van der Waals surface area (Å²) in [5.74, 6) is -1.18. The molecular weight excluding hydrogens is 450 g/mol. The Balaban J connectivity index is 1.59. The Bertz CT molecular complexity index is 1050. The van der Waals surface area contributed by atoms with E-state index in [0.717, 1.165) is 4.47 Å². The third-order valence-corrected chi connectivity index (χ3v) is 5.74. The van der Waals surface area contributed by atoms with Gasteiger partial charge in [-0.05, 0) is 43.3 Å². The van der Waals surface area contributed by atoms with E-state index in [9.17, 15) is 18.0 Å². The molecule has 0 saturated heterocycles. The maximum atomic E-state index is 12.1. The number of benzene rings is 2. The molecule has 2 aromatic rings. The number of amidine groups is 1. The van der Waals surface area contributed by atoms with Crippen molar-refractivity contribution in [2.45, 2.75) is 17.9 Å². The third-order valence-electron chi connectivity index (χ3n) is 3.82. The normalized spacial score (nSPS) is 16.7. The summed E-state index contributed by atoms with van der Waals surface area (Å²) in [6.45, 7) is 1.01. The largest absolute Gasteiger partial charge is 0.451 e. The summed E-state index contributed by atoms with van der Waals surface area (Å²) in [4.78, 5) is 28.2. The second kappa shape index (κ2) is 8.11. The van der Waals surface area contributed by atoms with Crippen molar-refractivity contribution in [3.8, 4) is 0 Å². The van der Waals surface area contributed by atoms with Crippen LogP contribution >= 0.6 is 15.9 Å². The van der Waals surface area contributed by atoms with Crippen LogP contribution in [0.4, 0.5) is 5.69 Å². The van der Waals surface area contributed by atoms with Gasteiger partial charge < -0.3 is 10.1 Å². The third kappa shape index (κ3) is 4.57. The van der Waals surface area contributed by atoms with Crippen molar-refractivity contribution >= 4 is 49.4 Å². The van der Waals surface area contributed by atoms with Crippen LogP contribution in [0.25, 0.3) is 0 Å². The molecule has 1 unspecified atom stereocenters. The highest BCUT2D eigenvalue weighted by Gasteiger charge is 2.30. The van der Waals surface area contributed by atoms with Crippen molar-refractivity contribution in [3.63, 3.8) is 0 Å². The molecule has 1 atom stereocenters. The topological polar surface area (TPSA) is 114 Å². The fourth-order valence-corrected chi connectivity index (χ4v) is 3.98. The van der Waals surface area contributed by atoms with E-state index >= 15 is 0 Å². The zero-order valence-corrected chi connectivity index (χ0v) is 17.1. The number of rotatable bonds is 5. The van der Waals surface area contributed by atoms with Gasteiger partial charge in [-0.15, -0.1) is 0 Å². The van der Waals surface area contributed by atoms with E-state index in [1.807, 2.05) is 0 Å². The first-order chi connectivity index (χ1) is 13.3. The Hall–Kier alpha value is -2.72. The molecule has 0 fully saturated rings. The molecule has 2 aromatic carbocycles. The molecule has 1 heterocycles. The predicted octanol–water partition coefficient (Wildman–Crippen LogP) is 2.06. The highest BCUT2D eigenvalue weighted by atomic mass is 79.9. The van der Waals surface area contributed by atoms with E-state index in [2.05, 4.69) is 31.0 Å². The molecule has 0 aromatic heterocycles. The molecule has 0 radical (unpaired) electrons. The number of hydrogen-bond donors (Lipinski definition) is 2. The van der Waals surface area contributed by atoms with Crippen LogP contribution in [0.3, 0.4) is 0 Å². The molecule has 28 heavy (non-hydrogen) atoms. The summed E-state index contributed by atoms with van der Waals surface area (Å²) < 4.78 is 32.2. The Kier molecular flexibility index (Phi) is 5.80. The number of hydrogen-bond acceptors (Lipinski definition) is 6. The molecule has 1 aliphatic heterocycles. The number of aliphatic imine (C=N–C) groups is 1. The molecule has 1 amide bonds. The minimum absolute atomic E-state index is 0.0690. The number of esters is 1. The van der Waals surface area contributed by atoms with E-state index in [4.69, 9.17) is 4.74 Å². The van der Waals surface area contributed by atoms with Gasteiger partial charge >= 0.3 is 5.97 Å². The average molecular weight is 466 g/mol. The summed E-state index contributed by atoms with van der Waals surface area (Å²) in [7, 11) is -3.68. The molecule has 0 bridgehead atoms. The summed E-state index contributed by atoms with van der Waals surface area (Å²) in [6.07, 6.45) is -1.04. The monoisotopic (exact) mass is 465 g/mol. The number of sulfonamides is 1. The first-order valence-electron chi connectivity index (χ1n) is 8.19. The Morgan fingerprint density at radius 2 is 1.86 bits per heavy atom. The molecule has 0 aliphatic carbocycles. The second-order valence-corrected chi connectivity index (χ2v) is 8.46. The van der Waals surface area contributed by atoms with E-state index < -0.39 is 34.5 Å². The van der Waals surface area contributed by atoms with Gasteiger partial charge in [-0.1, -0.05) is 28.1 Å². The summed E-state index contributed by atoms with van der Waals surface area (Å²) >= 11 is 3.30. The van der Waals surface area contributed by atoms with E-state index in [1.165, 1.54) is 13.0 Å². The summed E-state index contributed by atoms with van der Waals surface area (Å²) in [6, 6.07) is 13.2. The number of carbonyl (C=O) groups excluding carboxylic acids is 2. The number of nitrogens with zero attached hydrogens (tertiary/aromatic N) is 1. The van der Waals surface area contributed by atoms with Crippen molar-refractivity contribution in [2.24, 2.45) is 4.99 Å². The van der Waals surface area contributed by atoms with E-state index in [-0.39, 0.29) is 10.7 Å². The van der Waals surface area contributed by atoms with E-state index in [0.29, 0.717) is 11.3 Å². The van der Waals surface area contributed by atoms with Crippen LogP contribution in [0.1, 0.15) is 12.5 Å². The maximum Gasteiger partial charge on any atom is 0.328 e. The summed E-state index contributed by atoms with van der Waals surface area (Å²) in [5, 5.41) is 2.63. The lowest BCUT2D eigenvalue weighted by molar-refractivity contribution is -0.151. The van der Waals surface area contributed by atoms with Gasteiger partial charge in [-0.3, -0.25) is 19.3 Å². The molecule has 10 heteroatoms. The number of carbonyl (C=O) groups is 2. The summed E-state index contributed by atoms with van der Waals surface area (Å²) in [5.41, 5.74) is 0.949. The number of nitrogens with one attached hydrogen (secondary N) is 2. The van der Waals surface area contributed by atoms with Crippen LogP contribution in [0, 0.1) is 0 Å². The highest BCUT2D eigenvalue weighted by Crippen LogP contribution is 2.22. The molecule has 2 N–H and O–H groups in total. The molecular formula is C18H16BrN3O5S. The zero-order chi connectivity index (χ0) is 20.3. The van der Waals surface area contributed by atoms with Gasteiger partial charge in [0.1, 0.15) is 12.4 Å². The Labute approximate surface area is 170 Å². The lowest BCUT2D eigenvalue weighted by Crippen LogP contribution is -2.31. The maximum absolute atomic E-state index is 12.1. The van der Waals surface area contributed by atoms with Gasteiger partial charge in [0.25, 0.3) is 15.9 Å². The molecule has 0 saturated carbocycles. The van der Waals surface area contributed by atoms with Gasteiger partial charge in [0.2, 0.25) is 0 Å². The standard InChI is InChI=1S/C18H16BrN3O5S/c1-11(18(24)21-13-8-6-12(19)7-9-13)27-16(23)10-20-17-14-4-2-3-5-15(14)28(25,26)22-17/h2-9,11H,10H2,1H3,(H,20,22)(H,21,24). The van der Waals surface area contributed by atoms with Crippen LogP contribution in [-0.2, 0) is 24.3 Å². The SMILES string of the molecule is CC(OC(=O)CN=C1NS(=O)(=O)c2ccccc21)C(=O)Nc1ccc(Br)cc1. The van der Waals surface area contributed by atoms with Gasteiger partial charge in [0.15, 0.2) is 6.10 Å². The minimum Gasteiger partial charge on any atom is -0.451 e. The Morgan fingerprint density at radius 3 is 2.57 bits per heavy atom. The second-order valence-electron chi connectivity index (χ2n) is 5.89. The lowest BCUT2D eigenvalue weighted by atomic mass is 10.2. The number of amides is 1. The van der Waals surface area contributed by atoms with Crippen molar-refractivity contribution in [2.75, 3.05) is 11.9 Å². The van der Waals surface area contributed by atoms with Crippen LogP contribution in [0.2, 0.25) is 0 Å². The van der Waals surface area contributed by atoms with Crippen molar-refractivity contribution in [1.82, 2.24) is 4.72 Å². The number of ether oxygens (including phenoxy) is 1. The first kappa shape index (κ1) is 20.0. The van der Waals surface area contributed by atoms with Crippen molar-refractivity contribution < 1.29 is 22.7 Å². The average Bonchev–Trinajstić information content (AvgIpc) is 2.92. The first-order valence-corrected chi connectivity index (χ1v) is 10.5. The number of halogens is 1. The number of fused-ring (bicyclic) bond motifs is 1. The van der Waals surface area contributed by atoms with Gasteiger partial charge in [-0.25, -0.2) is 8.42 Å². The predicted molar refractivity (Wildman–Crippen MR) is 106 cm³/mol. The molecule has 1 aliphatic rings. The molecule has 8 nitrogen and oxygen atoms in total. The smallest absolute Gasteiger partial charge is 0.328 e. The zero-order valence-electron chi connectivity index (χ0n) is 14.7. The Morgan fingerprint density at radius 1 is 1.18 bits per heavy atom. The van der Waals surface area contributed by atoms with Crippen LogP contribution in [0.5, 0.6) is 0 Å². The fourth-order valence-electron chi connectivity index (χ4n) is 2.46. The quantitative estimate of drug-likeness (QED) is 0.655. The molecule has 3 rings (SSSR count). The van der Waals surface area contributed by atoms with Crippen LogP contribution in [-0.4, -0.2) is 38.8 Å². The van der Waals surface area contributed by atoms with Gasteiger partial charge in [0.05, 0.1) is 4.90 Å². The molecule has 0 spiro atoms. The van der Waals surface area contributed by atoms with Gasteiger partial charge in [-0.2, -0.15) is 0 Å². The van der Waals surface area contributed by atoms with Crippen LogP contribution < -0.4 is 10.0 Å².